The Bertz CT molecular complexity index is 5730. The molecule has 12 nitrogen and oxygen atoms in total. The molecule has 0 radical (unpaired) electrons. The van der Waals surface area contributed by atoms with Crippen LogP contribution in [0.1, 0.15) is 33.4 Å². The predicted molar refractivity (Wildman–Crippen MR) is 388 cm³/mol. The molecular formula is C76H52Cl4K2N10O2Pt2. The molecule has 20 heteroatoms. The summed E-state index contributed by atoms with van der Waals surface area (Å²) in [6, 6.07) is 57.8. The van der Waals surface area contributed by atoms with Crippen LogP contribution in [0.3, 0.4) is 0 Å². The number of hydrogen-bond donors (Lipinski definition) is 0. The maximum absolute atomic E-state index is 6.55. The summed E-state index contributed by atoms with van der Waals surface area (Å²) in [4.78, 5) is 27.9. The van der Waals surface area contributed by atoms with E-state index >= 15 is 0 Å². The first-order valence-corrected chi connectivity index (χ1v) is 58.1. The molecule has 0 N–H and O–H groups in total. The molecule has 0 aliphatic heterocycles. The first kappa shape index (κ1) is 67.5. The molecule has 96 heavy (non-hydrogen) atoms. The zero-order chi connectivity index (χ0) is 65.6. The normalized spacial score (nSPS) is 11.9. The molecule has 0 amide bonds. The minimum atomic E-state index is -3.06. The van der Waals surface area contributed by atoms with Crippen molar-refractivity contribution in [3.63, 3.8) is 0 Å². The molecule has 10 aromatic heterocycles. The Morgan fingerprint density at radius 3 is 1.31 bits per heavy atom. The van der Waals surface area contributed by atoms with E-state index in [1.54, 1.807) is 6.20 Å². The van der Waals surface area contributed by atoms with Gasteiger partial charge in [0.2, 0.25) is 0 Å². The molecule has 468 valence electrons. The number of imidazole rings is 4. The number of pyridine rings is 6. The number of halogens is 4. The topological polar surface area (TPSA) is 113 Å². The van der Waals surface area contributed by atoms with Gasteiger partial charge in [-0.3, -0.25) is 28.7 Å². The van der Waals surface area contributed by atoms with Crippen LogP contribution in [0.4, 0.5) is 0 Å². The molecule has 0 bridgehead atoms. The van der Waals surface area contributed by atoms with Gasteiger partial charge in [0.15, 0.2) is 0 Å². The van der Waals surface area contributed by atoms with Gasteiger partial charge in [-0.25, -0.2) is 9.97 Å². The number of nitrogens with zero attached hydrogens (tertiary/aromatic N) is 10. The van der Waals surface area contributed by atoms with Crippen LogP contribution in [0, 0.1) is 53.7 Å². The number of ether oxygens (including phenoxy) is 2. The first-order chi connectivity index (χ1) is 46.1. The van der Waals surface area contributed by atoms with Gasteiger partial charge in [-0.15, -0.1) is 12.1 Å². The van der Waals surface area contributed by atoms with E-state index in [9.17, 15) is 0 Å². The van der Waals surface area contributed by atoms with E-state index in [2.05, 4.69) is 202 Å². The predicted octanol–water partition coefficient (Wildman–Crippen LogP) is 20.3. The Balaban J connectivity index is 0.000000149. The summed E-state index contributed by atoms with van der Waals surface area (Å²) >= 11 is -0.556. The summed E-state index contributed by atoms with van der Waals surface area (Å²) < 4.78 is 21.7. The Kier molecular flexibility index (Phi) is 19.5. The number of para-hydroxylation sites is 2. The van der Waals surface area contributed by atoms with Gasteiger partial charge >= 0.3 is 134 Å². The molecule has 18 rings (SSSR count). The van der Waals surface area contributed by atoms with Crippen LogP contribution in [0.5, 0.6) is 23.0 Å². The standard InChI is InChI=1S/C38H27N5O.C38H25N5O.4ClH.2K.2Pt/c2*1-22-16-23(2)36(24(3)17-22)35-21-41-38-32-19-26(8-10-27(32)29-6-4-5-7-33(29)43(35)38)44-25-9-11-28-30-12-13-39-20-34(30)42-15-14-40-37(42)31(28)18-25;;;;;;;;/h4-21H,1-3H3;4-17,20-21H,1-3H3;4*1H;;;;/q;-2;;;;;;;+2;+4/p-4. The van der Waals surface area contributed by atoms with Crippen LogP contribution < -0.4 is 9.47 Å². The van der Waals surface area contributed by atoms with E-state index in [1.807, 2.05) is 90.5 Å². The molecule has 0 saturated heterocycles. The minimum Gasteiger partial charge on any atom is 2.00 e. The second-order valence-corrected chi connectivity index (χ2v) is 43.0. The smallest absolute Gasteiger partial charge is 2.00 e. The van der Waals surface area contributed by atoms with Crippen molar-refractivity contribution in [3.05, 3.63) is 253 Å². The van der Waals surface area contributed by atoms with Gasteiger partial charge in [-0.05, 0) is 146 Å². The van der Waals surface area contributed by atoms with E-state index in [0.717, 1.165) is 127 Å². The van der Waals surface area contributed by atoms with E-state index in [0.29, 0.717) is 11.5 Å². The van der Waals surface area contributed by atoms with Crippen LogP contribution >= 0.6 is 37.7 Å². The molecule has 0 spiro atoms. The summed E-state index contributed by atoms with van der Waals surface area (Å²) in [6.07, 6.45) is 18.9. The largest absolute Gasteiger partial charge is 2.00 e. The van der Waals surface area contributed by atoms with Crippen molar-refractivity contribution in [2.24, 2.45) is 0 Å². The fourth-order valence-electron chi connectivity index (χ4n) is 14.0. The summed E-state index contributed by atoms with van der Waals surface area (Å²) in [5, 5.41) is 12.8. The number of fused-ring (bicyclic) bond motifs is 24. The number of benzene rings is 8. The SMILES string of the molecule is Cc1cc(C)c(-c2cnc3c4[c-]c(Oc5[c-]c6c(cc5)c5ccncc5n5ccnc65)ccc4c4ccccc4n23)c(C)c1.Cc1cc(C)c(-c2cnc3c4cc(Oc5ccc6c7ccncc7n7ccnc7c6c5)ccc4c4ccccc4n23)c(C)c1.[Cl][Pt]([Cl])([Cl])[Cl].[K][K].[Pt+2]. The number of rotatable bonds is 6. The summed E-state index contributed by atoms with van der Waals surface area (Å²) in [7, 11) is 20.0. The monoisotopic (exact) mass is 1740 g/mol. The quantitative estimate of drug-likeness (QED) is 0.0919. The molecule has 0 saturated carbocycles. The van der Waals surface area contributed by atoms with Crippen molar-refractivity contribution >= 4 is 210 Å². The van der Waals surface area contributed by atoms with Gasteiger partial charge in [0.1, 0.15) is 22.8 Å². The maximum Gasteiger partial charge on any atom is 2.00 e. The second kappa shape index (κ2) is 27.8. The van der Waals surface area contributed by atoms with Gasteiger partial charge < -0.3 is 18.3 Å². The van der Waals surface area contributed by atoms with Gasteiger partial charge in [0.05, 0.1) is 51.6 Å². The minimum absolute atomic E-state index is 0. The average molecular weight is 1750 g/mol. The molecule has 10 heterocycles. The van der Waals surface area contributed by atoms with Crippen LogP contribution in [-0.4, -0.2) is 111 Å². The number of aryl methyl sites for hydroxylation is 6. The van der Waals surface area contributed by atoms with Crippen LogP contribution in [0.25, 0.3) is 132 Å². The van der Waals surface area contributed by atoms with Crippen molar-refractivity contribution in [1.29, 1.82) is 0 Å². The molecule has 8 aromatic carbocycles. The van der Waals surface area contributed by atoms with Crippen LogP contribution in [0.2, 0.25) is 0 Å². The Hall–Kier alpha value is -5.69. The first-order valence-electron chi connectivity index (χ1n) is 30.8. The third-order valence-corrected chi connectivity index (χ3v) is 17.4. The third kappa shape index (κ3) is 12.5. The maximum atomic E-state index is 6.55. The summed E-state index contributed by atoms with van der Waals surface area (Å²) in [6.45, 7) is 13.0. The second-order valence-electron chi connectivity index (χ2n) is 23.3. The zero-order valence-corrected chi connectivity index (χ0v) is 66.9. The Morgan fingerprint density at radius 2 is 0.792 bits per heavy atom. The number of hydrogen-bond acceptors (Lipinski definition) is 8. The Labute approximate surface area is 630 Å². The van der Waals surface area contributed by atoms with Gasteiger partial charge in [-0.1, -0.05) is 118 Å². The molecule has 0 atom stereocenters. The molecule has 0 fully saturated rings. The van der Waals surface area contributed by atoms with E-state index in [4.69, 9.17) is 57.1 Å². The third-order valence-electron chi connectivity index (χ3n) is 17.4. The number of aromatic nitrogens is 10. The zero-order valence-electron chi connectivity index (χ0n) is 53.1. The van der Waals surface area contributed by atoms with Crippen LogP contribution in [-0.2, 0) is 33.0 Å². The molecule has 0 aliphatic carbocycles. The van der Waals surface area contributed by atoms with Gasteiger partial charge in [-0.2, -0.15) is 0 Å². The van der Waals surface area contributed by atoms with Crippen LogP contribution in [0.15, 0.2) is 208 Å². The van der Waals surface area contributed by atoms with Crippen molar-refractivity contribution in [1.82, 2.24) is 47.5 Å². The summed E-state index contributed by atoms with van der Waals surface area (Å²) in [5.41, 5.74) is 19.8. The van der Waals surface area contributed by atoms with Gasteiger partial charge in [0, 0.05) is 99.3 Å². The molecular weight excluding hydrogens is 1700 g/mol. The fraction of sp³-hybridized carbons (Fsp3) is 0.0789. The average Bonchev–Trinajstić information content (AvgIpc) is 1.45. The summed E-state index contributed by atoms with van der Waals surface area (Å²) in [5.74, 6) is 2.70. The Morgan fingerprint density at radius 1 is 0.385 bits per heavy atom. The molecule has 18 aromatic rings. The van der Waals surface area contributed by atoms with Gasteiger partial charge in [0.25, 0.3) is 0 Å². The van der Waals surface area contributed by atoms with Crippen molar-refractivity contribution < 1.29 is 42.4 Å². The molecule has 0 unspecified atom stereocenters. The van der Waals surface area contributed by atoms with Crippen molar-refractivity contribution in [3.8, 4) is 45.5 Å². The van der Waals surface area contributed by atoms with E-state index < -0.39 is 11.9 Å². The van der Waals surface area contributed by atoms with Crippen molar-refractivity contribution in [2.45, 2.75) is 41.5 Å². The van der Waals surface area contributed by atoms with E-state index in [1.165, 1.54) is 113 Å². The fourth-order valence-corrected chi connectivity index (χ4v) is 14.0. The van der Waals surface area contributed by atoms with Crippen molar-refractivity contribution in [2.75, 3.05) is 0 Å². The molecule has 0 aliphatic rings. The van der Waals surface area contributed by atoms with E-state index in [-0.39, 0.29) is 21.1 Å².